The van der Waals surface area contributed by atoms with Crippen molar-refractivity contribution in [3.8, 4) is 5.75 Å². The molecule has 3 rings (SSSR count). The number of ether oxygens (including phenoxy) is 1. The molecule has 0 radical (unpaired) electrons. The van der Waals surface area contributed by atoms with Crippen LogP contribution in [-0.2, 0) is 6.61 Å². The number of hydrogen-bond donors (Lipinski definition) is 4. The Hall–Kier alpha value is -3.59. The molecule has 0 unspecified atom stereocenters. The second-order valence-corrected chi connectivity index (χ2v) is 6.90. The van der Waals surface area contributed by atoms with Gasteiger partial charge in [0.05, 0.1) is 5.56 Å². The highest BCUT2D eigenvalue weighted by Gasteiger charge is 2.12. The molecule has 1 aromatic heterocycles. The molecule has 8 nitrogen and oxygen atoms in total. The molecule has 148 valence electrons. The van der Waals surface area contributed by atoms with E-state index in [2.05, 4.69) is 31.8 Å². The lowest BCUT2D eigenvalue weighted by atomic mass is 10.1. The summed E-state index contributed by atoms with van der Waals surface area (Å²) in [7, 11) is 0. The van der Waals surface area contributed by atoms with E-state index in [0.29, 0.717) is 22.6 Å². The first-order valence-corrected chi connectivity index (χ1v) is 9.28. The highest BCUT2D eigenvalue weighted by atomic mass is 79.9. The van der Waals surface area contributed by atoms with Crippen LogP contribution in [-0.4, -0.2) is 22.7 Å². The Morgan fingerprint density at radius 2 is 1.76 bits per heavy atom. The van der Waals surface area contributed by atoms with Gasteiger partial charge in [0.1, 0.15) is 18.1 Å². The summed E-state index contributed by atoms with van der Waals surface area (Å²) in [4.78, 5) is 38.5. The van der Waals surface area contributed by atoms with Crippen LogP contribution in [0, 0.1) is 0 Å². The number of nitrogens with one attached hydrogen (secondary N) is 3. The van der Waals surface area contributed by atoms with Crippen LogP contribution in [0.15, 0.2) is 65.3 Å². The number of carbonyl (C=O) groups excluding carboxylic acids is 3. The van der Waals surface area contributed by atoms with Crippen LogP contribution in [0.5, 0.6) is 5.75 Å². The zero-order valence-electron chi connectivity index (χ0n) is 15.1. The minimum atomic E-state index is -0.585. The highest BCUT2D eigenvalue weighted by Crippen LogP contribution is 2.19. The van der Waals surface area contributed by atoms with Crippen molar-refractivity contribution >= 4 is 33.7 Å². The van der Waals surface area contributed by atoms with Gasteiger partial charge in [-0.25, -0.2) is 0 Å². The number of amides is 3. The molecule has 0 aliphatic heterocycles. The normalized spacial score (nSPS) is 10.2. The fourth-order valence-electron chi connectivity index (χ4n) is 2.51. The third-order valence-electron chi connectivity index (χ3n) is 3.92. The Bertz CT molecular complexity index is 1060. The summed E-state index contributed by atoms with van der Waals surface area (Å²) >= 11 is 3.23. The van der Waals surface area contributed by atoms with Gasteiger partial charge in [-0.3, -0.25) is 25.2 Å². The quantitative estimate of drug-likeness (QED) is 0.425. The molecule has 3 aromatic rings. The largest absolute Gasteiger partial charge is 0.488 e. The zero-order valence-corrected chi connectivity index (χ0v) is 16.7. The minimum absolute atomic E-state index is 0.133. The molecule has 3 amide bonds. The smallest absolute Gasteiger partial charge is 0.286 e. The summed E-state index contributed by atoms with van der Waals surface area (Å²) in [6.07, 6.45) is 1.61. The zero-order chi connectivity index (χ0) is 20.8. The lowest BCUT2D eigenvalue weighted by Crippen LogP contribution is -2.41. The Morgan fingerprint density at radius 3 is 2.48 bits per heavy atom. The molecule has 0 fully saturated rings. The number of benzene rings is 2. The topological polar surface area (TPSA) is 126 Å². The third-order valence-corrected chi connectivity index (χ3v) is 4.38. The van der Waals surface area contributed by atoms with Crippen LogP contribution in [0.4, 0.5) is 0 Å². The average molecular weight is 457 g/mol. The van der Waals surface area contributed by atoms with Crippen molar-refractivity contribution < 1.29 is 19.1 Å². The number of nitrogens with two attached hydrogens (primary N) is 1. The number of hydrogen-bond acceptors (Lipinski definition) is 4. The summed E-state index contributed by atoms with van der Waals surface area (Å²) < 4.78 is 6.39. The van der Waals surface area contributed by atoms with Crippen LogP contribution in [0.1, 0.15) is 36.8 Å². The second-order valence-electron chi connectivity index (χ2n) is 5.99. The summed E-state index contributed by atoms with van der Waals surface area (Å²) in [5, 5.41) is 0. The van der Waals surface area contributed by atoms with Crippen molar-refractivity contribution in [2.45, 2.75) is 6.61 Å². The Kier molecular flexibility index (Phi) is 6.30. The van der Waals surface area contributed by atoms with Crippen LogP contribution in [0.2, 0.25) is 0 Å². The van der Waals surface area contributed by atoms with Crippen LogP contribution in [0.3, 0.4) is 0 Å². The van der Waals surface area contributed by atoms with E-state index >= 15 is 0 Å². The number of aromatic nitrogens is 1. The van der Waals surface area contributed by atoms with Gasteiger partial charge < -0.3 is 15.5 Å². The molecule has 0 spiro atoms. The lowest BCUT2D eigenvalue weighted by molar-refractivity contribution is 0.0844. The fraction of sp³-hybridized carbons (Fsp3) is 0.0500. The van der Waals surface area contributed by atoms with Gasteiger partial charge in [0.25, 0.3) is 17.7 Å². The maximum atomic E-state index is 12.3. The standard InChI is InChI=1S/C20H17BrN4O4/c21-14-9-16(23-10-14)20(28)25-24-19(27)13-5-3-4-12(8-13)11-29-17-7-2-1-6-15(17)18(22)26/h1-10,23H,11H2,(H2,22,26)(H,24,27)(H,25,28). The van der Waals surface area contributed by atoms with E-state index in [4.69, 9.17) is 10.5 Å². The molecule has 29 heavy (non-hydrogen) atoms. The first-order chi connectivity index (χ1) is 13.9. The molecule has 0 bridgehead atoms. The second kappa shape index (κ2) is 9.07. The van der Waals surface area contributed by atoms with Gasteiger partial charge >= 0.3 is 0 Å². The molecule has 9 heteroatoms. The van der Waals surface area contributed by atoms with Gasteiger partial charge in [0.2, 0.25) is 0 Å². The van der Waals surface area contributed by atoms with Crippen LogP contribution in [0.25, 0.3) is 0 Å². The Labute approximate surface area is 174 Å². The van der Waals surface area contributed by atoms with Crippen LogP contribution < -0.4 is 21.3 Å². The maximum absolute atomic E-state index is 12.3. The minimum Gasteiger partial charge on any atom is -0.488 e. The number of aromatic amines is 1. The van der Waals surface area contributed by atoms with Gasteiger partial charge in [0, 0.05) is 16.2 Å². The molecule has 0 aliphatic carbocycles. The van der Waals surface area contributed by atoms with Crippen molar-refractivity contribution in [1.29, 1.82) is 0 Å². The number of rotatable bonds is 6. The van der Waals surface area contributed by atoms with Gasteiger partial charge in [-0.15, -0.1) is 0 Å². The maximum Gasteiger partial charge on any atom is 0.286 e. The molecule has 2 aromatic carbocycles. The molecule has 0 atom stereocenters. The third kappa shape index (κ3) is 5.23. The van der Waals surface area contributed by atoms with E-state index in [1.807, 2.05) is 0 Å². The fourth-order valence-corrected chi connectivity index (χ4v) is 2.85. The molecule has 0 saturated carbocycles. The first-order valence-electron chi connectivity index (χ1n) is 8.49. The summed E-state index contributed by atoms with van der Waals surface area (Å²) in [6, 6.07) is 14.9. The number of H-pyrrole nitrogens is 1. The molecule has 0 saturated heterocycles. The SMILES string of the molecule is NC(=O)c1ccccc1OCc1cccc(C(=O)NNC(=O)c2cc(Br)c[nH]2)c1. The average Bonchev–Trinajstić information content (AvgIpc) is 3.17. The summed E-state index contributed by atoms with van der Waals surface area (Å²) in [5.74, 6) is -1.19. The highest BCUT2D eigenvalue weighted by molar-refractivity contribution is 9.10. The molecular weight excluding hydrogens is 440 g/mol. The van der Waals surface area contributed by atoms with E-state index in [1.54, 1.807) is 60.8 Å². The van der Waals surface area contributed by atoms with Crippen molar-refractivity contribution in [2.75, 3.05) is 0 Å². The number of primary amides is 1. The van der Waals surface area contributed by atoms with Crippen molar-refractivity contribution in [1.82, 2.24) is 15.8 Å². The van der Waals surface area contributed by atoms with E-state index in [0.717, 1.165) is 4.47 Å². The monoisotopic (exact) mass is 456 g/mol. The molecule has 0 aliphatic rings. The number of halogens is 1. The Morgan fingerprint density at radius 1 is 1.00 bits per heavy atom. The number of hydrazine groups is 1. The van der Waals surface area contributed by atoms with Crippen molar-refractivity contribution in [3.63, 3.8) is 0 Å². The van der Waals surface area contributed by atoms with E-state index < -0.39 is 17.7 Å². The summed E-state index contributed by atoms with van der Waals surface area (Å²) in [5.41, 5.74) is 11.6. The molecular formula is C20H17BrN4O4. The van der Waals surface area contributed by atoms with E-state index in [9.17, 15) is 14.4 Å². The van der Waals surface area contributed by atoms with Gasteiger partial charge in [-0.05, 0) is 51.8 Å². The molecule has 1 heterocycles. The predicted molar refractivity (Wildman–Crippen MR) is 109 cm³/mol. The van der Waals surface area contributed by atoms with Crippen LogP contribution >= 0.6 is 15.9 Å². The predicted octanol–water partition coefficient (Wildman–Crippen LogP) is 2.53. The van der Waals surface area contributed by atoms with E-state index in [1.165, 1.54) is 0 Å². The van der Waals surface area contributed by atoms with Gasteiger partial charge in [-0.1, -0.05) is 24.3 Å². The van der Waals surface area contributed by atoms with Gasteiger partial charge in [-0.2, -0.15) is 0 Å². The lowest BCUT2D eigenvalue weighted by Gasteiger charge is -2.11. The van der Waals surface area contributed by atoms with Crippen molar-refractivity contribution in [3.05, 3.63) is 87.7 Å². The van der Waals surface area contributed by atoms with E-state index in [-0.39, 0.29) is 12.2 Å². The van der Waals surface area contributed by atoms with Gasteiger partial charge in [0.15, 0.2) is 0 Å². The Balaban J connectivity index is 1.61. The number of para-hydroxylation sites is 1. The van der Waals surface area contributed by atoms with Crippen molar-refractivity contribution in [2.24, 2.45) is 5.73 Å². The number of carbonyl (C=O) groups is 3. The first kappa shape index (κ1) is 20.2. The summed E-state index contributed by atoms with van der Waals surface area (Å²) in [6.45, 7) is 0.133. The molecule has 5 N–H and O–H groups in total.